The van der Waals surface area contributed by atoms with Crippen LogP contribution in [0.1, 0.15) is 16.8 Å². The minimum Gasteiger partial charge on any atom is -0.361 e. The molecule has 0 saturated heterocycles. The summed E-state index contributed by atoms with van der Waals surface area (Å²) in [6.45, 7) is 0.414. The Morgan fingerprint density at radius 1 is 1.27 bits per heavy atom. The first-order valence-corrected chi connectivity index (χ1v) is 7.35. The quantitative estimate of drug-likeness (QED) is 0.361. The highest BCUT2D eigenvalue weighted by Gasteiger charge is 2.16. The number of nitrogens with zero attached hydrogens (tertiary/aromatic N) is 5. The number of nitriles is 1. The molecule has 1 aromatic carbocycles. The molecule has 0 spiro atoms. The van der Waals surface area contributed by atoms with E-state index < -0.39 is 5.82 Å². The van der Waals surface area contributed by atoms with Crippen LogP contribution in [-0.2, 0) is 6.54 Å². The molecule has 0 amide bonds. The highest BCUT2D eigenvalue weighted by atomic mass is 19.1. The number of aliphatic imine (C=N–C) groups is 1. The molecule has 0 fully saturated rings. The van der Waals surface area contributed by atoms with Crippen LogP contribution in [0.4, 0.5) is 15.9 Å². The molecule has 9 nitrogen and oxygen atoms in total. The number of aromatic nitrogens is 3. The van der Waals surface area contributed by atoms with Gasteiger partial charge in [-0.1, -0.05) is 0 Å². The van der Waals surface area contributed by atoms with Crippen molar-refractivity contribution in [3.05, 3.63) is 65.4 Å². The number of hydrogen-bond acceptors (Lipinski definition) is 8. The van der Waals surface area contributed by atoms with Gasteiger partial charge in [0.15, 0.2) is 11.5 Å². The van der Waals surface area contributed by atoms with Gasteiger partial charge in [-0.25, -0.2) is 14.0 Å². The summed E-state index contributed by atoms with van der Waals surface area (Å²) in [4.78, 5) is 8.04. The molecule has 0 atom stereocenters. The van der Waals surface area contributed by atoms with Crippen molar-refractivity contribution in [1.29, 1.82) is 5.26 Å². The molecule has 26 heavy (non-hydrogen) atoms. The third-order valence-electron chi connectivity index (χ3n) is 3.34. The van der Waals surface area contributed by atoms with E-state index in [4.69, 9.17) is 9.89 Å². The van der Waals surface area contributed by atoms with Gasteiger partial charge in [-0.05, 0) is 46.2 Å². The fourth-order valence-corrected chi connectivity index (χ4v) is 2.07. The van der Waals surface area contributed by atoms with Gasteiger partial charge in [0.05, 0.1) is 11.3 Å². The molecule has 0 aliphatic heterocycles. The van der Waals surface area contributed by atoms with Crippen molar-refractivity contribution in [2.75, 3.05) is 5.32 Å². The summed E-state index contributed by atoms with van der Waals surface area (Å²) in [5, 5.41) is 28.7. The SMILES string of the molecule is N#Cc1cc(N=C(NO)c2nonc2NCc2ccncc2)ccc1F. The standard InChI is InChI=1S/C16H12FN7O2/c17-13-2-1-12(7-11(13)8-18)21-16(22-25)14-15(24-26-23-14)20-9-10-3-5-19-6-4-10/h1-7,25H,9H2,(H,20,24)(H,21,22). The molecule has 2 heterocycles. The Bertz CT molecular complexity index is 966. The van der Waals surface area contributed by atoms with Crippen LogP contribution in [0.25, 0.3) is 0 Å². The molecule has 0 radical (unpaired) electrons. The van der Waals surface area contributed by atoms with Gasteiger partial charge in [-0.15, -0.1) is 0 Å². The van der Waals surface area contributed by atoms with E-state index >= 15 is 0 Å². The third-order valence-corrected chi connectivity index (χ3v) is 3.34. The first-order chi connectivity index (χ1) is 12.7. The molecule has 10 heteroatoms. The zero-order valence-electron chi connectivity index (χ0n) is 13.2. The van der Waals surface area contributed by atoms with Crippen LogP contribution in [-0.4, -0.2) is 26.3 Å². The Morgan fingerprint density at radius 3 is 2.81 bits per heavy atom. The van der Waals surface area contributed by atoms with Gasteiger partial charge in [-0.3, -0.25) is 15.7 Å². The van der Waals surface area contributed by atoms with Crippen LogP contribution in [0.5, 0.6) is 0 Å². The number of anilines is 1. The summed E-state index contributed by atoms with van der Waals surface area (Å²) in [7, 11) is 0. The number of nitrogens with one attached hydrogen (secondary N) is 2. The smallest absolute Gasteiger partial charge is 0.202 e. The monoisotopic (exact) mass is 353 g/mol. The van der Waals surface area contributed by atoms with Gasteiger partial charge in [0.2, 0.25) is 5.82 Å². The van der Waals surface area contributed by atoms with Gasteiger partial charge < -0.3 is 5.32 Å². The number of rotatable bonds is 5. The average molecular weight is 353 g/mol. The van der Waals surface area contributed by atoms with Crippen molar-refractivity contribution in [2.45, 2.75) is 6.54 Å². The van der Waals surface area contributed by atoms with E-state index in [0.29, 0.717) is 6.54 Å². The maximum atomic E-state index is 13.4. The van der Waals surface area contributed by atoms with Crippen molar-refractivity contribution in [2.24, 2.45) is 4.99 Å². The molecule has 0 saturated carbocycles. The van der Waals surface area contributed by atoms with E-state index in [1.54, 1.807) is 18.5 Å². The highest BCUT2D eigenvalue weighted by molar-refractivity contribution is 6.01. The highest BCUT2D eigenvalue weighted by Crippen LogP contribution is 2.19. The molecular formula is C16H12FN7O2. The molecule has 130 valence electrons. The van der Waals surface area contributed by atoms with Gasteiger partial charge in [-0.2, -0.15) is 5.26 Å². The maximum Gasteiger partial charge on any atom is 0.202 e. The summed E-state index contributed by atoms with van der Waals surface area (Å²) in [5.41, 5.74) is 3.04. The van der Waals surface area contributed by atoms with E-state index in [2.05, 4.69) is 25.6 Å². The van der Waals surface area contributed by atoms with E-state index in [1.165, 1.54) is 12.1 Å². The summed E-state index contributed by atoms with van der Waals surface area (Å²) in [5.74, 6) is -0.503. The third kappa shape index (κ3) is 3.80. The normalized spacial score (nSPS) is 11.0. The number of halogens is 1. The molecule has 0 bridgehead atoms. The second-order valence-electron chi connectivity index (χ2n) is 5.02. The first kappa shape index (κ1) is 17.0. The lowest BCUT2D eigenvalue weighted by Gasteiger charge is -2.06. The Labute approximate surface area is 146 Å². The molecule has 2 aromatic heterocycles. The van der Waals surface area contributed by atoms with Crippen molar-refractivity contribution in [3.8, 4) is 6.07 Å². The molecule has 3 rings (SSSR count). The maximum absolute atomic E-state index is 13.4. The van der Waals surface area contributed by atoms with Crippen LogP contribution in [0.15, 0.2) is 52.3 Å². The molecule has 3 aromatic rings. The van der Waals surface area contributed by atoms with E-state index in [1.807, 2.05) is 17.6 Å². The Balaban J connectivity index is 1.85. The zero-order valence-corrected chi connectivity index (χ0v) is 13.2. The van der Waals surface area contributed by atoms with E-state index in [0.717, 1.165) is 11.6 Å². The summed E-state index contributed by atoms with van der Waals surface area (Å²) in [6, 6.07) is 9.06. The summed E-state index contributed by atoms with van der Waals surface area (Å²) in [6.07, 6.45) is 3.31. The predicted octanol–water partition coefficient (Wildman–Crippen LogP) is 2.14. The number of amidine groups is 1. The predicted molar refractivity (Wildman–Crippen MR) is 88.1 cm³/mol. The Hall–Kier alpha value is -3.84. The first-order valence-electron chi connectivity index (χ1n) is 7.35. The van der Waals surface area contributed by atoms with Gasteiger partial charge in [0.1, 0.15) is 11.9 Å². The van der Waals surface area contributed by atoms with Crippen molar-refractivity contribution in [3.63, 3.8) is 0 Å². The fraction of sp³-hybridized carbons (Fsp3) is 0.0625. The Morgan fingerprint density at radius 2 is 2.08 bits per heavy atom. The number of pyridine rings is 1. The Kier molecular flexibility index (Phi) is 5.11. The summed E-state index contributed by atoms with van der Waals surface area (Å²) >= 11 is 0. The number of benzene rings is 1. The lowest BCUT2D eigenvalue weighted by atomic mass is 10.2. The van der Waals surface area contributed by atoms with Crippen LogP contribution < -0.4 is 10.8 Å². The topological polar surface area (TPSA) is 132 Å². The van der Waals surface area contributed by atoms with Crippen LogP contribution in [0, 0.1) is 17.1 Å². The largest absolute Gasteiger partial charge is 0.361 e. The second kappa shape index (κ2) is 7.82. The van der Waals surface area contributed by atoms with E-state index in [9.17, 15) is 9.60 Å². The second-order valence-corrected chi connectivity index (χ2v) is 5.02. The summed E-state index contributed by atoms with van der Waals surface area (Å²) < 4.78 is 18.1. The minimum atomic E-state index is -0.659. The van der Waals surface area contributed by atoms with Crippen molar-refractivity contribution in [1.82, 2.24) is 20.8 Å². The van der Waals surface area contributed by atoms with E-state index in [-0.39, 0.29) is 28.6 Å². The molecule has 0 aliphatic rings. The van der Waals surface area contributed by atoms with Crippen LogP contribution in [0.3, 0.4) is 0 Å². The van der Waals surface area contributed by atoms with Gasteiger partial charge >= 0.3 is 0 Å². The van der Waals surface area contributed by atoms with Crippen LogP contribution >= 0.6 is 0 Å². The average Bonchev–Trinajstić information content (AvgIpc) is 3.15. The molecular weight excluding hydrogens is 341 g/mol. The minimum absolute atomic E-state index is 0.0843. The van der Waals surface area contributed by atoms with Crippen molar-refractivity contribution < 1.29 is 14.2 Å². The molecule has 0 aliphatic carbocycles. The molecule has 3 N–H and O–H groups in total. The molecule has 0 unspecified atom stereocenters. The van der Waals surface area contributed by atoms with Crippen molar-refractivity contribution >= 4 is 17.3 Å². The lowest BCUT2D eigenvalue weighted by molar-refractivity contribution is 0.234. The van der Waals surface area contributed by atoms with Crippen LogP contribution in [0.2, 0.25) is 0 Å². The number of hydroxylamine groups is 1. The van der Waals surface area contributed by atoms with Gasteiger partial charge in [0, 0.05) is 18.9 Å². The lowest BCUT2D eigenvalue weighted by Crippen LogP contribution is -2.22. The van der Waals surface area contributed by atoms with Gasteiger partial charge in [0.25, 0.3) is 0 Å². The zero-order chi connectivity index (χ0) is 18.4. The number of hydrogen-bond donors (Lipinski definition) is 3. The fourth-order valence-electron chi connectivity index (χ4n) is 2.07.